The van der Waals surface area contributed by atoms with E-state index in [-0.39, 0.29) is 24.2 Å². The molecule has 1 aliphatic heterocycles. The van der Waals surface area contributed by atoms with E-state index in [2.05, 4.69) is 24.1 Å². The fourth-order valence-corrected chi connectivity index (χ4v) is 4.88. The van der Waals surface area contributed by atoms with Gasteiger partial charge in [0.1, 0.15) is 5.82 Å². The van der Waals surface area contributed by atoms with Crippen molar-refractivity contribution in [2.45, 2.75) is 32.1 Å². The summed E-state index contributed by atoms with van der Waals surface area (Å²) in [6, 6.07) is 7.54. The van der Waals surface area contributed by atoms with Crippen molar-refractivity contribution in [2.75, 3.05) is 43.7 Å². The van der Waals surface area contributed by atoms with Gasteiger partial charge in [-0.05, 0) is 49.4 Å². The van der Waals surface area contributed by atoms with E-state index in [9.17, 15) is 4.79 Å². The highest BCUT2D eigenvalue weighted by Gasteiger charge is 2.23. The number of amides is 1. The van der Waals surface area contributed by atoms with E-state index in [1.54, 1.807) is 13.2 Å². The minimum Gasteiger partial charge on any atom is -0.397 e. The molecule has 0 saturated carbocycles. The van der Waals surface area contributed by atoms with Crippen LogP contribution in [0, 0.1) is 0 Å². The zero-order chi connectivity index (χ0) is 23.8. The van der Waals surface area contributed by atoms with E-state index in [0.29, 0.717) is 23.6 Å². The summed E-state index contributed by atoms with van der Waals surface area (Å²) < 4.78 is 13.0. The Bertz CT molecular complexity index is 942. The quantitative estimate of drug-likeness (QED) is 0.524. The highest BCUT2D eigenvalue weighted by Crippen LogP contribution is 2.21. The lowest BCUT2D eigenvalue weighted by atomic mass is 10.2. The van der Waals surface area contributed by atoms with Gasteiger partial charge in [-0.1, -0.05) is 6.07 Å². The molecule has 3 heterocycles. The third-order valence-electron chi connectivity index (χ3n) is 5.12. The molecule has 1 amide bonds. The summed E-state index contributed by atoms with van der Waals surface area (Å²) in [7, 11) is 1.63. The molecule has 0 spiro atoms. The van der Waals surface area contributed by atoms with Crippen LogP contribution < -0.4 is 16.0 Å². The molecule has 180 valence electrons. The van der Waals surface area contributed by atoms with E-state index in [1.165, 1.54) is 23.7 Å². The monoisotopic (exact) mass is 491 g/mol. The lowest BCUT2D eigenvalue weighted by molar-refractivity contribution is -0.00546. The van der Waals surface area contributed by atoms with Gasteiger partial charge in [-0.25, -0.2) is 4.98 Å². The third kappa shape index (κ3) is 7.43. The first kappa shape index (κ1) is 25.5. The second-order valence-electron chi connectivity index (χ2n) is 8.02. The molecule has 3 N–H and O–H groups in total. The second-order valence-corrected chi connectivity index (χ2v) is 9.71. The molecule has 10 heteroatoms. The average molecular weight is 492 g/mol. The number of rotatable bonds is 10. The van der Waals surface area contributed by atoms with E-state index in [1.807, 2.05) is 46.2 Å². The first-order valence-corrected chi connectivity index (χ1v) is 13.1. The number of nitrogens with two attached hydrogens (primary N) is 1. The number of anilines is 1. The maximum Gasteiger partial charge on any atom is 0.253 e. The van der Waals surface area contributed by atoms with Gasteiger partial charge in [0.25, 0.3) is 5.91 Å². The number of pyridine rings is 1. The molecule has 8 nitrogen and oxygen atoms in total. The van der Waals surface area contributed by atoms with Crippen LogP contribution in [0.5, 0.6) is 0 Å². The highest BCUT2D eigenvalue weighted by atomic mass is 32.2. The van der Waals surface area contributed by atoms with Crippen molar-refractivity contribution in [1.82, 2.24) is 14.3 Å². The highest BCUT2D eigenvalue weighted by molar-refractivity contribution is 8.02. The van der Waals surface area contributed by atoms with Gasteiger partial charge in [0.15, 0.2) is 0 Å². The SMILES string of the molecule is COCC(CS/C=C(\N)c1cccc(N2CC(C)OC(C)C2)n1)NC(=O)c1ccn(SC)c1. The zero-order valence-electron chi connectivity index (χ0n) is 19.6. The smallest absolute Gasteiger partial charge is 0.253 e. The molecule has 0 radical (unpaired) electrons. The first-order chi connectivity index (χ1) is 15.9. The minimum atomic E-state index is -0.148. The predicted octanol–water partition coefficient (Wildman–Crippen LogP) is 3.06. The van der Waals surface area contributed by atoms with E-state index in [0.717, 1.165) is 24.6 Å². The second kappa shape index (κ2) is 12.4. The van der Waals surface area contributed by atoms with Gasteiger partial charge in [-0.15, -0.1) is 11.8 Å². The minimum absolute atomic E-state index is 0.120. The lowest BCUT2D eigenvalue weighted by Crippen LogP contribution is -2.45. The number of hydrogen-bond acceptors (Lipinski definition) is 8. The molecule has 0 aliphatic carbocycles. The Morgan fingerprint density at radius 3 is 2.79 bits per heavy atom. The number of ether oxygens (including phenoxy) is 2. The number of carbonyl (C=O) groups excluding carboxylic acids is 1. The summed E-state index contributed by atoms with van der Waals surface area (Å²) >= 11 is 3.06. The van der Waals surface area contributed by atoms with E-state index >= 15 is 0 Å². The zero-order valence-corrected chi connectivity index (χ0v) is 21.2. The van der Waals surface area contributed by atoms with Crippen LogP contribution in [0.2, 0.25) is 0 Å². The molecule has 3 atom stereocenters. The van der Waals surface area contributed by atoms with Gasteiger partial charge in [0.2, 0.25) is 0 Å². The van der Waals surface area contributed by atoms with Crippen LogP contribution in [0.25, 0.3) is 5.70 Å². The van der Waals surface area contributed by atoms with Crippen LogP contribution in [-0.4, -0.2) is 71.9 Å². The van der Waals surface area contributed by atoms with Crippen LogP contribution in [0.3, 0.4) is 0 Å². The fraction of sp³-hybridized carbons (Fsp3) is 0.478. The molecule has 0 bridgehead atoms. The van der Waals surface area contributed by atoms with Crippen LogP contribution in [0.15, 0.2) is 42.1 Å². The van der Waals surface area contributed by atoms with E-state index < -0.39 is 0 Å². The van der Waals surface area contributed by atoms with Gasteiger partial charge in [-0.3, -0.25) is 8.77 Å². The maximum atomic E-state index is 12.5. The summed E-state index contributed by atoms with van der Waals surface area (Å²) in [5.74, 6) is 1.41. The number of carbonyl (C=O) groups is 1. The number of nitrogens with zero attached hydrogens (tertiary/aromatic N) is 3. The molecule has 2 aromatic heterocycles. The van der Waals surface area contributed by atoms with Crippen molar-refractivity contribution >= 4 is 41.1 Å². The molecule has 2 aromatic rings. The Balaban J connectivity index is 1.59. The van der Waals surface area contributed by atoms with Crippen LogP contribution >= 0.6 is 23.7 Å². The number of thioether (sulfide) groups is 1. The number of hydrogen-bond donors (Lipinski definition) is 2. The summed E-state index contributed by atoms with van der Waals surface area (Å²) in [6.45, 7) is 6.17. The van der Waals surface area contributed by atoms with Crippen LogP contribution in [-0.2, 0) is 9.47 Å². The van der Waals surface area contributed by atoms with Crippen molar-refractivity contribution in [1.29, 1.82) is 0 Å². The third-order valence-corrected chi connectivity index (χ3v) is 6.79. The van der Waals surface area contributed by atoms with Gasteiger partial charge in [-0.2, -0.15) is 0 Å². The molecule has 33 heavy (non-hydrogen) atoms. The number of nitrogens with one attached hydrogen (secondary N) is 1. The largest absolute Gasteiger partial charge is 0.397 e. The van der Waals surface area contributed by atoms with Crippen LogP contribution in [0.4, 0.5) is 5.82 Å². The molecular formula is C23H33N5O3S2. The molecule has 0 aromatic carbocycles. The molecule has 3 unspecified atom stereocenters. The molecular weight excluding hydrogens is 458 g/mol. The lowest BCUT2D eigenvalue weighted by Gasteiger charge is -2.36. The van der Waals surface area contributed by atoms with Crippen molar-refractivity contribution in [3.05, 3.63) is 53.3 Å². The average Bonchev–Trinajstić information content (AvgIpc) is 3.28. The summed E-state index contributed by atoms with van der Waals surface area (Å²) in [5.41, 5.74) is 8.28. The molecule has 1 fully saturated rings. The fourth-order valence-electron chi connectivity index (χ4n) is 3.67. The standard InChI is InChI=1S/C23H33N5O3S2/c1-16-10-27(11-17(2)31-16)22-7-5-6-21(26-22)20(24)15-33-14-19(13-30-3)25-23(29)18-8-9-28(12-18)32-4/h5-9,12,15-17,19H,10-11,13-14,24H2,1-4H3,(H,25,29)/b20-15-. The Morgan fingerprint density at radius 1 is 1.36 bits per heavy atom. The number of morpholine rings is 1. The van der Waals surface area contributed by atoms with Crippen molar-refractivity contribution in [2.24, 2.45) is 5.73 Å². The van der Waals surface area contributed by atoms with Gasteiger partial charge in [0.05, 0.1) is 41.8 Å². The van der Waals surface area contributed by atoms with Crippen LogP contribution in [0.1, 0.15) is 29.9 Å². The summed E-state index contributed by atoms with van der Waals surface area (Å²) in [5, 5.41) is 4.92. The normalized spacial score (nSPS) is 20.0. The Labute approximate surface area is 204 Å². The first-order valence-electron chi connectivity index (χ1n) is 10.9. The maximum absolute atomic E-state index is 12.5. The number of aromatic nitrogens is 2. The van der Waals surface area contributed by atoms with Gasteiger partial charge >= 0.3 is 0 Å². The summed E-state index contributed by atoms with van der Waals surface area (Å²) in [4.78, 5) is 19.5. The molecule has 1 aliphatic rings. The van der Waals surface area contributed by atoms with Crippen molar-refractivity contribution < 1.29 is 14.3 Å². The predicted molar refractivity (Wildman–Crippen MR) is 138 cm³/mol. The molecule has 1 saturated heterocycles. The number of methoxy groups -OCH3 is 1. The molecule has 3 rings (SSSR count). The van der Waals surface area contributed by atoms with Gasteiger partial charge in [0, 0.05) is 44.6 Å². The van der Waals surface area contributed by atoms with E-state index in [4.69, 9.17) is 20.2 Å². The Kier molecular flexibility index (Phi) is 9.54. The van der Waals surface area contributed by atoms with Crippen molar-refractivity contribution in [3.63, 3.8) is 0 Å². The van der Waals surface area contributed by atoms with Crippen molar-refractivity contribution in [3.8, 4) is 0 Å². The Hall–Kier alpha value is -2.14. The topological polar surface area (TPSA) is 94.6 Å². The van der Waals surface area contributed by atoms with Gasteiger partial charge < -0.3 is 25.4 Å². The Morgan fingerprint density at radius 2 is 2.12 bits per heavy atom. The summed E-state index contributed by atoms with van der Waals surface area (Å²) in [6.07, 6.45) is 5.95.